The van der Waals surface area contributed by atoms with Gasteiger partial charge in [-0.1, -0.05) is 33.1 Å². The second-order valence-corrected chi connectivity index (χ2v) is 12.6. The summed E-state index contributed by atoms with van der Waals surface area (Å²) in [5.74, 6) is -2.65. The van der Waals surface area contributed by atoms with Gasteiger partial charge in [-0.2, -0.15) is 4.31 Å². The lowest BCUT2D eigenvalue weighted by Gasteiger charge is -2.36. The van der Waals surface area contributed by atoms with E-state index in [9.17, 15) is 26.8 Å². The fraction of sp³-hybridized carbons (Fsp3) is 0.692. The van der Waals surface area contributed by atoms with Crippen molar-refractivity contribution in [2.24, 2.45) is 11.8 Å². The maximum atomic E-state index is 14.1. The standard InChI is InChI=1S/C26H37F2N3O5S/c1-4-16(2)25(32)29-23(17-8-6-5-7-9-17)26(33)30-13-12-21-24(30)22(15-31(21)37(3,34)35)36-18-10-11-19(27)20(28)14-18/h10-11,14,16-17,21-24H,4-9,12-13,15H2,1-3H3,(H,29,32)/t16-,21-,22+,23+,24+/m1/s1. The first-order valence-corrected chi connectivity index (χ1v) is 15.1. The summed E-state index contributed by atoms with van der Waals surface area (Å²) in [6.45, 7) is 4.06. The number of sulfonamides is 1. The van der Waals surface area contributed by atoms with Crippen LogP contribution >= 0.6 is 0 Å². The van der Waals surface area contributed by atoms with Gasteiger partial charge in [-0.05, 0) is 43.7 Å². The molecular weight excluding hydrogens is 504 g/mol. The summed E-state index contributed by atoms with van der Waals surface area (Å²) in [5.41, 5.74) is 0. The molecule has 2 amide bonds. The number of benzene rings is 1. The number of hydrogen-bond acceptors (Lipinski definition) is 5. The van der Waals surface area contributed by atoms with E-state index in [0.717, 1.165) is 50.5 Å². The number of rotatable bonds is 8. The maximum absolute atomic E-state index is 14.1. The van der Waals surface area contributed by atoms with E-state index in [1.807, 2.05) is 13.8 Å². The fourth-order valence-electron chi connectivity index (χ4n) is 5.96. The number of hydrogen-bond donors (Lipinski definition) is 1. The van der Waals surface area contributed by atoms with Crippen molar-refractivity contribution in [2.45, 2.75) is 83.0 Å². The lowest BCUT2D eigenvalue weighted by molar-refractivity contribution is -0.141. The first-order valence-electron chi connectivity index (χ1n) is 13.2. The number of ether oxygens (including phenoxy) is 1. The van der Waals surface area contributed by atoms with Gasteiger partial charge in [0.1, 0.15) is 17.9 Å². The second kappa shape index (κ2) is 11.2. The zero-order chi connectivity index (χ0) is 26.9. The van der Waals surface area contributed by atoms with Crippen molar-refractivity contribution >= 4 is 21.8 Å². The summed E-state index contributed by atoms with van der Waals surface area (Å²) in [5, 5.41) is 3.02. The molecule has 0 radical (unpaired) electrons. The van der Waals surface area contributed by atoms with Crippen molar-refractivity contribution < 1.29 is 31.5 Å². The fourth-order valence-corrected chi connectivity index (χ4v) is 7.10. The van der Waals surface area contributed by atoms with Crippen LogP contribution in [-0.4, -0.2) is 73.0 Å². The summed E-state index contributed by atoms with van der Waals surface area (Å²) in [6.07, 6.45) is 6.18. The van der Waals surface area contributed by atoms with Gasteiger partial charge in [0, 0.05) is 18.5 Å². The third-order valence-electron chi connectivity index (χ3n) is 8.16. The molecule has 11 heteroatoms. The molecule has 3 fully saturated rings. The zero-order valence-electron chi connectivity index (χ0n) is 21.7. The van der Waals surface area contributed by atoms with Crippen molar-refractivity contribution in [3.05, 3.63) is 29.8 Å². The summed E-state index contributed by atoms with van der Waals surface area (Å²) in [4.78, 5) is 28.6. The Balaban J connectivity index is 1.63. The van der Waals surface area contributed by atoms with E-state index in [4.69, 9.17) is 4.74 Å². The van der Waals surface area contributed by atoms with Gasteiger partial charge >= 0.3 is 0 Å². The average molecular weight is 542 g/mol. The molecule has 1 aliphatic carbocycles. The quantitative estimate of drug-likeness (QED) is 0.546. The minimum Gasteiger partial charge on any atom is -0.487 e. The smallest absolute Gasteiger partial charge is 0.245 e. The van der Waals surface area contributed by atoms with Gasteiger partial charge in [0.25, 0.3) is 0 Å². The molecule has 1 aromatic rings. The summed E-state index contributed by atoms with van der Waals surface area (Å²) in [6, 6.07) is 1.36. The Bertz CT molecular complexity index is 1110. The highest BCUT2D eigenvalue weighted by atomic mass is 32.2. The van der Waals surface area contributed by atoms with Crippen molar-refractivity contribution in [3.8, 4) is 5.75 Å². The van der Waals surface area contributed by atoms with Crippen LogP contribution in [0.2, 0.25) is 0 Å². The number of amides is 2. The number of carbonyl (C=O) groups excluding carboxylic acids is 2. The molecule has 1 N–H and O–H groups in total. The highest BCUT2D eigenvalue weighted by Gasteiger charge is 2.55. The minimum atomic E-state index is -3.61. The molecule has 2 aliphatic heterocycles. The molecule has 0 unspecified atom stereocenters. The predicted molar refractivity (Wildman–Crippen MR) is 134 cm³/mol. The monoisotopic (exact) mass is 541 g/mol. The van der Waals surface area contributed by atoms with Crippen molar-refractivity contribution in [1.82, 2.24) is 14.5 Å². The molecule has 0 aromatic heterocycles. The number of nitrogens with one attached hydrogen (secondary N) is 1. The van der Waals surface area contributed by atoms with Gasteiger partial charge in [0.05, 0.1) is 24.9 Å². The Kier molecular flexibility index (Phi) is 8.42. The topological polar surface area (TPSA) is 96.0 Å². The Hall–Kier alpha value is -2.27. The minimum absolute atomic E-state index is 0.00582. The molecule has 3 aliphatic rings. The highest BCUT2D eigenvalue weighted by Crippen LogP contribution is 2.37. The summed E-state index contributed by atoms with van der Waals surface area (Å²) < 4.78 is 59.8. The van der Waals surface area contributed by atoms with E-state index in [-0.39, 0.29) is 35.9 Å². The number of carbonyl (C=O) groups is 2. The van der Waals surface area contributed by atoms with Gasteiger partial charge in [0.15, 0.2) is 11.6 Å². The van der Waals surface area contributed by atoms with E-state index in [1.165, 1.54) is 10.4 Å². The molecule has 5 atom stereocenters. The molecule has 2 saturated heterocycles. The van der Waals surface area contributed by atoms with Gasteiger partial charge in [-0.3, -0.25) is 9.59 Å². The third kappa shape index (κ3) is 5.92. The molecule has 2 heterocycles. The van der Waals surface area contributed by atoms with Crippen LogP contribution in [0.25, 0.3) is 0 Å². The lowest BCUT2D eigenvalue weighted by Crippen LogP contribution is -2.57. The highest BCUT2D eigenvalue weighted by molar-refractivity contribution is 7.88. The first kappa shape index (κ1) is 27.8. The van der Waals surface area contributed by atoms with Gasteiger partial charge in [-0.15, -0.1) is 0 Å². The molecule has 1 aromatic carbocycles. The second-order valence-electron chi connectivity index (χ2n) is 10.6. The van der Waals surface area contributed by atoms with Crippen LogP contribution in [0.4, 0.5) is 8.78 Å². The van der Waals surface area contributed by atoms with Crippen LogP contribution in [-0.2, 0) is 19.6 Å². The molecule has 0 spiro atoms. The van der Waals surface area contributed by atoms with Crippen molar-refractivity contribution in [2.75, 3.05) is 19.3 Å². The molecule has 206 valence electrons. The Labute approximate surface area is 217 Å². The molecule has 37 heavy (non-hydrogen) atoms. The van der Waals surface area contributed by atoms with Gasteiger partial charge < -0.3 is 15.0 Å². The molecule has 0 bridgehead atoms. The molecule has 1 saturated carbocycles. The third-order valence-corrected chi connectivity index (χ3v) is 9.44. The number of nitrogens with zero attached hydrogens (tertiary/aromatic N) is 2. The van der Waals surface area contributed by atoms with Crippen LogP contribution in [0.3, 0.4) is 0 Å². The van der Waals surface area contributed by atoms with Crippen LogP contribution in [0, 0.1) is 23.5 Å². The van der Waals surface area contributed by atoms with E-state index in [1.54, 1.807) is 4.90 Å². The number of likely N-dealkylation sites (tertiary alicyclic amines) is 1. The van der Waals surface area contributed by atoms with E-state index in [0.29, 0.717) is 19.4 Å². The van der Waals surface area contributed by atoms with Crippen LogP contribution in [0.5, 0.6) is 5.75 Å². The zero-order valence-corrected chi connectivity index (χ0v) is 22.5. The number of halogens is 2. The SMILES string of the molecule is CC[C@@H](C)C(=O)N[C@H](C(=O)N1CC[C@@H]2[C@H]1[C@@H](Oc1ccc(F)c(F)c1)CN2S(C)(=O)=O)C1CCCCC1. The molecular formula is C26H37F2N3O5S. The van der Waals surface area contributed by atoms with Crippen LogP contribution in [0.15, 0.2) is 18.2 Å². The Morgan fingerprint density at radius 3 is 2.46 bits per heavy atom. The van der Waals surface area contributed by atoms with E-state index >= 15 is 0 Å². The lowest BCUT2D eigenvalue weighted by atomic mass is 9.83. The Morgan fingerprint density at radius 2 is 1.84 bits per heavy atom. The van der Waals surface area contributed by atoms with Gasteiger partial charge in [-0.25, -0.2) is 17.2 Å². The normalized spacial score (nSPS) is 26.5. The van der Waals surface area contributed by atoms with Crippen LogP contribution < -0.4 is 10.1 Å². The van der Waals surface area contributed by atoms with Gasteiger partial charge in [0.2, 0.25) is 21.8 Å². The largest absolute Gasteiger partial charge is 0.487 e. The van der Waals surface area contributed by atoms with Crippen molar-refractivity contribution in [1.29, 1.82) is 0 Å². The molecule has 4 rings (SSSR count). The van der Waals surface area contributed by atoms with E-state index < -0.39 is 45.9 Å². The van der Waals surface area contributed by atoms with Crippen LogP contribution in [0.1, 0.15) is 58.8 Å². The predicted octanol–water partition coefficient (Wildman–Crippen LogP) is 3.07. The summed E-state index contributed by atoms with van der Waals surface area (Å²) >= 11 is 0. The summed E-state index contributed by atoms with van der Waals surface area (Å²) in [7, 11) is -3.61. The first-order chi connectivity index (χ1) is 17.5. The average Bonchev–Trinajstić information content (AvgIpc) is 3.45. The number of fused-ring (bicyclic) bond motifs is 1. The van der Waals surface area contributed by atoms with Crippen molar-refractivity contribution in [3.63, 3.8) is 0 Å². The maximum Gasteiger partial charge on any atom is 0.245 e. The van der Waals surface area contributed by atoms with E-state index in [2.05, 4.69) is 5.32 Å². The molecule has 8 nitrogen and oxygen atoms in total. The Morgan fingerprint density at radius 1 is 1.14 bits per heavy atom.